The molecule has 4 aliphatic rings. The molecule has 20 heteroatoms. The molecule has 0 amide bonds. The predicted octanol–water partition coefficient (Wildman–Crippen LogP) is -0.956. The number of ether oxygens (including phenoxy) is 7. The lowest BCUT2D eigenvalue weighted by molar-refractivity contribution is -0.293. The third-order valence-electron chi connectivity index (χ3n) is 9.47. The van der Waals surface area contributed by atoms with E-state index >= 15 is 0 Å². The molecule has 59 heavy (non-hydrogen) atoms. The normalized spacial score (nSPS) is 30.7. The summed E-state index contributed by atoms with van der Waals surface area (Å²) in [5.74, 6) is -4.39. The van der Waals surface area contributed by atoms with Crippen molar-refractivity contribution in [2.45, 2.75) is 73.9 Å². The van der Waals surface area contributed by atoms with E-state index in [1.807, 2.05) is 0 Å². The topological polar surface area (TPSA) is 325 Å². The van der Waals surface area contributed by atoms with Crippen molar-refractivity contribution in [3.8, 4) is 17.2 Å². The van der Waals surface area contributed by atoms with Gasteiger partial charge in [-0.25, -0.2) is 0 Å². The highest BCUT2D eigenvalue weighted by Crippen LogP contribution is 2.40. The number of phenols is 3. The number of carbonyl (C=O) groups excluding carboxylic acids is 1. The standard InChI is InChI=1S/C39H42O20/c40-19-6-3-17(4-7-19)2-1-9-53-15-27-31(47)33(49)36(52)39(58-27)57-26-13-21-24(55-37(26)18-5-8-22(42)23(43)10-18)11-20(41)12-25(21)56-38-35(51)34(50)32(48)28(59-38)16-54-30(46)14-29(44)45/h1-8,10-13,24,27-28,31-36,38-43,47-52H,9,14-16H2,(H,44,45)/p+1. The number of carbonyl (C=O) groups is 2. The van der Waals surface area contributed by atoms with Gasteiger partial charge in [0.2, 0.25) is 24.4 Å². The van der Waals surface area contributed by atoms with Gasteiger partial charge in [-0.2, -0.15) is 0 Å². The van der Waals surface area contributed by atoms with Crippen molar-refractivity contribution < 1.29 is 98.9 Å². The lowest BCUT2D eigenvalue weighted by Gasteiger charge is -2.41. The molecule has 3 heterocycles. The van der Waals surface area contributed by atoms with Crippen LogP contribution in [-0.2, 0) is 38.0 Å². The van der Waals surface area contributed by atoms with E-state index in [1.54, 1.807) is 24.3 Å². The van der Waals surface area contributed by atoms with Gasteiger partial charge in [0.1, 0.15) is 79.1 Å². The van der Waals surface area contributed by atoms with Gasteiger partial charge in [0.25, 0.3) is 0 Å². The maximum atomic E-state index is 11.8. The SMILES string of the molecule is O=C(O)CC(=O)OCC1OC(OC2=CC(O)=CC3[OH+]C(c4ccc(O)c(O)c4)=C(OC4OC(COCC=Cc5ccc(O)cc5)C(O)C(O)C4O)C=C23)C(O)C(O)C1O. The van der Waals surface area contributed by atoms with Crippen molar-refractivity contribution in [1.29, 1.82) is 0 Å². The Kier molecular flexibility index (Phi) is 13.5. The molecule has 0 saturated carbocycles. The fourth-order valence-corrected chi connectivity index (χ4v) is 6.34. The first-order chi connectivity index (χ1) is 28.1. The first-order valence-electron chi connectivity index (χ1n) is 18.0. The number of carboxylic acids is 1. The Hall–Kier alpha value is -5.68. The molecular formula is C39H43O20+. The van der Waals surface area contributed by atoms with Gasteiger partial charge in [0, 0.05) is 18.2 Å². The summed E-state index contributed by atoms with van der Waals surface area (Å²) in [6.07, 6.45) is -12.2. The second-order valence-electron chi connectivity index (χ2n) is 13.7. The Morgan fingerprint density at radius 2 is 1.39 bits per heavy atom. The Labute approximate surface area is 334 Å². The van der Waals surface area contributed by atoms with Crippen molar-refractivity contribution in [1.82, 2.24) is 0 Å². The molecule has 12 N–H and O–H groups in total. The fraction of sp³-hybridized carbons (Fsp3) is 0.385. The molecular weight excluding hydrogens is 788 g/mol. The van der Waals surface area contributed by atoms with Crippen LogP contribution in [0.25, 0.3) is 11.8 Å². The van der Waals surface area contributed by atoms with Gasteiger partial charge in [0.15, 0.2) is 11.5 Å². The molecule has 318 valence electrons. The second-order valence-corrected chi connectivity index (χ2v) is 13.7. The van der Waals surface area contributed by atoms with Crippen LogP contribution in [-0.4, -0.2) is 160 Å². The van der Waals surface area contributed by atoms with Crippen molar-refractivity contribution in [3.05, 3.63) is 101 Å². The van der Waals surface area contributed by atoms with E-state index in [-0.39, 0.29) is 47.4 Å². The number of phenolic OH excluding ortho intramolecular Hbond substituents is 3. The van der Waals surface area contributed by atoms with Crippen LogP contribution in [0.5, 0.6) is 17.2 Å². The Balaban J connectivity index is 1.24. The molecule has 11 unspecified atom stereocenters. The van der Waals surface area contributed by atoms with Gasteiger partial charge in [-0.15, -0.1) is 0 Å². The quantitative estimate of drug-likeness (QED) is 0.0359. The molecule has 20 nitrogen and oxygen atoms in total. The molecule has 1 aliphatic carbocycles. The highest BCUT2D eigenvalue weighted by molar-refractivity contribution is 5.90. The molecule has 0 aromatic heterocycles. The number of aromatic hydroxyl groups is 3. The molecule has 6 rings (SSSR count). The largest absolute Gasteiger partial charge is 0.571 e. The summed E-state index contributed by atoms with van der Waals surface area (Å²) < 4.78 is 38.6. The van der Waals surface area contributed by atoms with E-state index in [0.717, 1.165) is 17.7 Å². The van der Waals surface area contributed by atoms with E-state index < -0.39 is 110 Å². The Morgan fingerprint density at radius 1 is 0.746 bits per heavy atom. The monoisotopic (exact) mass is 831 g/mol. The van der Waals surface area contributed by atoms with Gasteiger partial charge >= 0.3 is 17.7 Å². The molecule has 11 atom stereocenters. The molecule has 0 radical (unpaired) electrons. The zero-order chi connectivity index (χ0) is 42.5. The highest BCUT2D eigenvalue weighted by Gasteiger charge is 2.49. The third kappa shape index (κ3) is 10.1. The van der Waals surface area contributed by atoms with Crippen molar-refractivity contribution >= 4 is 23.8 Å². The lowest BCUT2D eigenvalue weighted by atomic mass is 9.96. The number of aliphatic carboxylic acids is 1. The number of rotatable bonds is 14. The van der Waals surface area contributed by atoms with Crippen molar-refractivity contribution in [2.75, 3.05) is 19.8 Å². The molecule has 2 fully saturated rings. The minimum absolute atomic E-state index is 0.0290. The minimum Gasteiger partial charge on any atom is -0.571 e. The number of esters is 1. The first kappa shape index (κ1) is 42.9. The van der Waals surface area contributed by atoms with Gasteiger partial charge < -0.3 is 89.3 Å². The zero-order valence-corrected chi connectivity index (χ0v) is 30.7. The van der Waals surface area contributed by atoms with Crippen LogP contribution in [0.1, 0.15) is 17.5 Å². The summed E-state index contributed by atoms with van der Waals surface area (Å²) in [4.78, 5) is 22.7. The summed E-state index contributed by atoms with van der Waals surface area (Å²) in [5.41, 5.74) is 1.04. The molecule has 0 bridgehead atoms. The number of carboxylic acid groups (broad SMARTS) is 1. The number of fused-ring (bicyclic) bond motifs is 1. The molecule has 2 aromatic rings. The number of hydrogen-bond acceptors (Lipinski definition) is 18. The average molecular weight is 832 g/mol. The van der Waals surface area contributed by atoms with E-state index in [1.165, 1.54) is 36.4 Å². The highest BCUT2D eigenvalue weighted by atomic mass is 16.7. The molecule has 2 aromatic carbocycles. The predicted molar refractivity (Wildman–Crippen MR) is 196 cm³/mol. The number of allylic oxidation sites excluding steroid dienone is 2. The Morgan fingerprint density at radius 3 is 2.03 bits per heavy atom. The number of aliphatic hydroxyl groups excluding tert-OH is 7. The van der Waals surface area contributed by atoms with E-state index in [2.05, 4.69) is 4.74 Å². The maximum Gasteiger partial charge on any atom is 0.317 e. The summed E-state index contributed by atoms with van der Waals surface area (Å²) in [6.45, 7) is -0.964. The minimum atomic E-state index is -1.92. The fourth-order valence-electron chi connectivity index (χ4n) is 6.34. The zero-order valence-electron chi connectivity index (χ0n) is 30.7. The number of aliphatic hydroxyl groups is 9. The second kappa shape index (κ2) is 18.5. The van der Waals surface area contributed by atoms with Gasteiger partial charge in [-0.1, -0.05) is 24.3 Å². The Bertz CT molecular complexity index is 2000. The smallest absolute Gasteiger partial charge is 0.317 e. The van der Waals surface area contributed by atoms with E-state index in [9.17, 15) is 60.7 Å². The van der Waals surface area contributed by atoms with Gasteiger partial charge in [0.05, 0.1) is 30.4 Å². The first-order valence-corrected chi connectivity index (χ1v) is 18.0. The van der Waals surface area contributed by atoms with Crippen LogP contribution in [0.15, 0.2) is 89.6 Å². The summed E-state index contributed by atoms with van der Waals surface area (Å²) in [5, 5.41) is 114. The number of benzene rings is 2. The summed E-state index contributed by atoms with van der Waals surface area (Å²) in [7, 11) is 0. The lowest BCUT2D eigenvalue weighted by Crippen LogP contribution is -2.59. The summed E-state index contributed by atoms with van der Waals surface area (Å²) in [6, 6.07) is 10.1. The van der Waals surface area contributed by atoms with Crippen LogP contribution >= 0.6 is 0 Å². The van der Waals surface area contributed by atoms with Crippen LogP contribution in [0.2, 0.25) is 0 Å². The van der Waals surface area contributed by atoms with Gasteiger partial charge in [-0.3, -0.25) is 9.59 Å². The van der Waals surface area contributed by atoms with Crippen LogP contribution < -0.4 is 0 Å². The van der Waals surface area contributed by atoms with Crippen LogP contribution in [0.3, 0.4) is 0 Å². The average Bonchev–Trinajstić information content (AvgIpc) is 3.19. The molecule has 3 aliphatic heterocycles. The maximum absolute atomic E-state index is 11.8. The van der Waals surface area contributed by atoms with E-state index in [0.29, 0.717) is 0 Å². The summed E-state index contributed by atoms with van der Waals surface area (Å²) >= 11 is 0. The van der Waals surface area contributed by atoms with Crippen molar-refractivity contribution in [2.24, 2.45) is 0 Å². The van der Waals surface area contributed by atoms with E-state index in [4.69, 9.17) is 33.5 Å². The number of hydrogen-bond donors (Lipinski definition) is 11. The van der Waals surface area contributed by atoms with Crippen LogP contribution in [0, 0.1) is 0 Å². The van der Waals surface area contributed by atoms with Crippen molar-refractivity contribution in [3.63, 3.8) is 0 Å². The molecule has 2 saturated heterocycles. The molecule has 0 spiro atoms. The van der Waals surface area contributed by atoms with Gasteiger partial charge in [-0.05, 0) is 29.8 Å². The third-order valence-corrected chi connectivity index (χ3v) is 9.47. The van der Waals surface area contributed by atoms with Crippen LogP contribution in [0.4, 0.5) is 0 Å².